The second kappa shape index (κ2) is 24.7. The summed E-state index contributed by atoms with van der Waals surface area (Å²) in [7, 11) is -8.30. The van der Waals surface area contributed by atoms with Gasteiger partial charge in [0.25, 0.3) is 30.4 Å². The van der Waals surface area contributed by atoms with Crippen LogP contribution in [0.4, 0.5) is 56.0 Å². The highest BCUT2D eigenvalue weighted by atomic mass is 32.2. The zero-order chi connectivity index (χ0) is 60.0. The first kappa shape index (κ1) is 60.5. The third-order valence-electron chi connectivity index (χ3n) is 12.4. The predicted molar refractivity (Wildman–Crippen MR) is 308 cm³/mol. The molecule has 7 rings (SSSR count). The highest BCUT2D eigenvalue weighted by Gasteiger charge is 2.20. The first-order chi connectivity index (χ1) is 38.6. The monoisotopic (exact) mass is 1170 g/mol. The van der Waals surface area contributed by atoms with Crippen LogP contribution in [0, 0.1) is 34.6 Å². The zero-order valence-electron chi connectivity index (χ0n) is 45.7. The van der Waals surface area contributed by atoms with Crippen LogP contribution in [0.25, 0.3) is 23.4 Å². The Balaban J connectivity index is 1.03. The van der Waals surface area contributed by atoms with Crippen LogP contribution in [0.5, 0.6) is 23.0 Å². The summed E-state index contributed by atoms with van der Waals surface area (Å²) in [4.78, 5) is 11.8. The molecule has 0 aliphatic carbocycles. The van der Waals surface area contributed by atoms with Gasteiger partial charge in [0.2, 0.25) is 0 Å². The van der Waals surface area contributed by atoms with E-state index in [1.54, 1.807) is 101 Å². The van der Waals surface area contributed by atoms with Crippen molar-refractivity contribution in [3.63, 3.8) is 0 Å². The Bertz CT molecular complexity index is 4380. The number of rotatable bonds is 18. The van der Waals surface area contributed by atoms with E-state index in [-0.39, 0.29) is 26.8 Å². The Morgan fingerprint density at radius 1 is 0.500 bits per heavy atom. The molecule has 7 aromatic rings. The van der Waals surface area contributed by atoms with Crippen LogP contribution < -0.4 is 40.0 Å². The molecule has 24 nitrogen and oxygen atoms in total. The Morgan fingerprint density at radius 2 is 0.939 bits per heavy atom. The van der Waals surface area contributed by atoms with Gasteiger partial charge in [-0.1, -0.05) is 18.7 Å². The SMILES string of the molecule is C=c1c(S(=O)(=O)O)cc(S(=O)(=O)O)c/c1=C/C=C(\C)N=Nc1cc(OC)c(N=Nc2cc(OC)c(NC(=O)Nc3cc(C)c(N=Nc4cc(C)c(/N=N/c5ccc6cc(S(=O)(=O)O)cc(C)c6c5)cc4OC)cc3OC)cc2C)cc1C. The van der Waals surface area contributed by atoms with Crippen LogP contribution in [0.15, 0.2) is 158 Å². The molecule has 0 unspecified atom stereocenters. The number of amides is 2. The minimum absolute atomic E-state index is 0.0326. The Hall–Kier alpha value is -9.12. The molecular weight excluding hydrogens is 1120 g/mol. The summed E-state index contributed by atoms with van der Waals surface area (Å²) in [6.45, 7) is 14.1. The summed E-state index contributed by atoms with van der Waals surface area (Å²) in [5, 5.41) is 41.9. The molecule has 0 radical (unpaired) electrons. The lowest BCUT2D eigenvalue weighted by molar-refractivity contribution is 0.262. The van der Waals surface area contributed by atoms with Crippen LogP contribution in [0.3, 0.4) is 0 Å². The van der Waals surface area contributed by atoms with E-state index in [1.165, 1.54) is 52.7 Å². The maximum absolute atomic E-state index is 13.5. The number of anilines is 2. The number of fused-ring (bicyclic) bond motifs is 1. The Morgan fingerprint density at radius 3 is 1.41 bits per heavy atom. The number of ether oxygens (including phenoxy) is 4. The van der Waals surface area contributed by atoms with Crippen molar-refractivity contribution in [2.75, 3.05) is 39.1 Å². The van der Waals surface area contributed by atoms with Crippen molar-refractivity contribution < 1.29 is 62.7 Å². The van der Waals surface area contributed by atoms with Gasteiger partial charge in [0.15, 0.2) is 0 Å². The average Bonchev–Trinajstić information content (AvgIpc) is 3.57. The third-order valence-corrected chi connectivity index (χ3v) is 14.9. The molecule has 2 amide bonds. The van der Waals surface area contributed by atoms with E-state index in [4.69, 9.17) is 18.9 Å². The van der Waals surface area contributed by atoms with Crippen molar-refractivity contribution >= 4 is 111 Å². The van der Waals surface area contributed by atoms with Crippen molar-refractivity contribution in [1.29, 1.82) is 0 Å². The van der Waals surface area contributed by atoms with E-state index in [2.05, 4.69) is 58.1 Å². The van der Waals surface area contributed by atoms with Crippen molar-refractivity contribution in [3.8, 4) is 23.0 Å². The van der Waals surface area contributed by atoms with Gasteiger partial charge in [0.05, 0.1) is 83.7 Å². The molecule has 0 bridgehead atoms. The lowest BCUT2D eigenvalue weighted by Gasteiger charge is -2.15. The summed E-state index contributed by atoms with van der Waals surface area (Å²) in [6.07, 6.45) is 2.70. The first-order valence-electron chi connectivity index (χ1n) is 24.1. The van der Waals surface area contributed by atoms with Crippen LogP contribution in [-0.4, -0.2) is 73.4 Å². The molecule has 0 saturated carbocycles. The molecule has 82 heavy (non-hydrogen) atoms. The molecule has 0 aromatic heterocycles. The van der Waals surface area contributed by atoms with Gasteiger partial charge in [-0.2, -0.15) is 55.9 Å². The van der Waals surface area contributed by atoms with Gasteiger partial charge in [-0.15, -0.1) is 10.2 Å². The zero-order valence-corrected chi connectivity index (χ0v) is 48.1. The molecule has 5 N–H and O–H groups in total. The largest absolute Gasteiger partial charge is 0.494 e. The number of methoxy groups -OCH3 is 4. The number of benzene rings is 7. The lowest BCUT2D eigenvalue weighted by atomic mass is 10.1. The fourth-order valence-corrected chi connectivity index (χ4v) is 9.91. The van der Waals surface area contributed by atoms with Crippen LogP contribution in [-0.2, 0) is 30.4 Å². The summed E-state index contributed by atoms with van der Waals surface area (Å²) in [5.41, 5.74) is 7.21. The highest BCUT2D eigenvalue weighted by molar-refractivity contribution is 7.86. The number of allylic oxidation sites excluding steroid dienone is 2. The summed E-state index contributed by atoms with van der Waals surface area (Å²) < 4.78 is 122. The smallest absolute Gasteiger partial charge is 0.323 e. The number of nitrogens with one attached hydrogen (secondary N) is 2. The number of nitrogens with zero attached hydrogens (tertiary/aromatic N) is 8. The van der Waals surface area contributed by atoms with Gasteiger partial charge < -0.3 is 29.6 Å². The van der Waals surface area contributed by atoms with Crippen LogP contribution in [0.1, 0.15) is 34.7 Å². The number of hydrogen-bond acceptors (Lipinski definition) is 19. The molecule has 0 saturated heterocycles. The first-order valence-corrected chi connectivity index (χ1v) is 28.4. The van der Waals surface area contributed by atoms with Crippen molar-refractivity contribution in [2.45, 2.75) is 56.2 Å². The number of aryl methyl sites for hydroxylation is 5. The summed E-state index contributed by atoms with van der Waals surface area (Å²) in [6, 6.07) is 22.2. The van der Waals surface area contributed by atoms with Gasteiger partial charge >= 0.3 is 6.03 Å². The van der Waals surface area contributed by atoms with Gasteiger partial charge in [0, 0.05) is 24.3 Å². The highest BCUT2D eigenvalue weighted by Crippen LogP contribution is 2.41. The second-order valence-electron chi connectivity index (χ2n) is 18.2. The number of carbonyl (C=O) groups is 1. The summed E-state index contributed by atoms with van der Waals surface area (Å²) in [5.74, 6) is 1.22. The molecule has 0 heterocycles. The topological polar surface area (TPSA) is 340 Å². The standard InChI is InChI=1S/C55H54N10O14S3/c1-29-16-39(80(67,68)69)22-37-14-15-38(23-41(29)37)59-61-43-28-53(79-11)49(20-33(43)5)65-63-45-26-51(77-9)47(18-31(45)3)57-55(66)56-46-17-30(2)44(25-50(46)76-8)62-64-48-19-32(4)42(27-52(48)78-10)60-58-34(6)12-13-36-21-40(81(70,71)72)24-54(35(36)7)82(73,74)75/h12-28H,7H2,1-6,8-11H3,(H2,56,57,66)(H,67,68,69)(H,70,71,72)(H,73,74,75)/b34-12+,36-13-,60-58?,61-59+,64-62?,65-63?. The van der Waals surface area contributed by atoms with E-state index < -0.39 is 46.2 Å². The quantitative estimate of drug-likeness (QED) is 0.0394. The molecule has 7 aromatic carbocycles. The molecule has 426 valence electrons. The maximum Gasteiger partial charge on any atom is 0.323 e. The maximum atomic E-state index is 13.5. The lowest BCUT2D eigenvalue weighted by Crippen LogP contribution is -2.30. The molecule has 27 heteroatoms. The molecule has 0 aliphatic rings. The predicted octanol–water partition coefficient (Wildman–Crippen LogP) is 12.9. The van der Waals surface area contributed by atoms with Crippen LogP contribution >= 0.6 is 0 Å². The number of urea groups is 1. The average molecular weight is 1180 g/mol. The normalized spacial score (nSPS) is 12.8. The minimum Gasteiger partial charge on any atom is -0.494 e. The van der Waals surface area contributed by atoms with Gasteiger partial charge in [-0.3, -0.25) is 13.7 Å². The van der Waals surface area contributed by atoms with Crippen molar-refractivity contribution in [3.05, 3.63) is 141 Å². The van der Waals surface area contributed by atoms with Gasteiger partial charge in [0.1, 0.15) is 39.3 Å². The van der Waals surface area contributed by atoms with Crippen molar-refractivity contribution in [1.82, 2.24) is 0 Å². The second-order valence-corrected chi connectivity index (χ2v) is 22.4. The summed E-state index contributed by atoms with van der Waals surface area (Å²) >= 11 is 0. The third kappa shape index (κ3) is 14.4. The molecular formula is C55H54N10O14S3. The van der Waals surface area contributed by atoms with Gasteiger partial charge in [-0.25, -0.2) is 4.79 Å². The minimum atomic E-state index is -4.89. The van der Waals surface area contributed by atoms with E-state index in [1.807, 2.05) is 6.92 Å². The fraction of sp³-hybridized carbons (Fsp3) is 0.182. The number of carbonyl (C=O) groups excluding carboxylic acids is 1. The number of azo groups is 4. The van der Waals surface area contributed by atoms with Crippen molar-refractivity contribution in [2.24, 2.45) is 40.9 Å². The Kier molecular flexibility index (Phi) is 18.2. The van der Waals surface area contributed by atoms with Gasteiger partial charge in [-0.05, 0) is 157 Å². The van der Waals surface area contributed by atoms with E-state index >= 15 is 0 Å². The molecule has 0 atom stereocenters. The molecule has 0 aliphatic heterocycles. The van der Waals surface area contributed by atoms with E-state index in [0.717, 1.165) is 11.5 Å². The van der Waals surface area contributed by atoms with E-state index in [9.17, 15) is 43.7 Å². The Labute approximate surface area is 471 Å². The number of hydrogen-bond donors (Lipinski definition) is 5. The molecule has 0 fully saturated rings. The van der Waals surface area contributed by atoms with E-state index in [0.29, 0.717) is 108 Å². The molecule has 0 spiro atoms. The van der Waals surface area contributed by atoms with Crippen LogP contribution in [0.2, 0.25) is 0 Å². The fourth-order valence-electron chi connectivity index (χ4n) is 7.98.